The van der Waals surface area contributed by atoms with E-state index in [0.717, 1.165) is 39.7 Å². The third-order valence-electron chi connectivity index (χ3n) is 4.76. The molecule has 0 bridgehead atoms. The summed E-state index contributed by atoms with van der Waals surface area (Å²) in [5, 5.41) is 4.87. The Morgan fingerprint density at radius 1 is 1.28 bits per heavy atom. The standard InChI is InChI=1S/C19H19ClN2O2S/c1-2-14-16-15(12-3-5-13(20)6-4-12)11-21-18(23)17(16)25-19(14)22-7-9-24-10-8-22/h2-6,15H,1,7-11H2,(H,21,23). The average molecular weight is 375 g/mol. The fraction of sp³-hybridized carbons (Fsp3) is 0.316. The average Bonchev–Trinajstić information content (AvgIpc) is 3.04. The molecule has 1 atom stereocenters. The number of amides is 1. The van der Waals surface area contributed by atoms with Gasteiger partial charge in [0, 0.05) is 36.1 Å². The maximum atomic E-state index is 12.5. The Labute approximate surface area is 156 Å². The molecule has 2 aliphatic heterocycles. The molecule has 2 aliphatic rings. The lowest BCUT2D eigenvalue weighted by Gasteiger charge is -2.28. The number of thiophene rings is 1. The smallest absolute Gasteiger partial charge is 0.261 e. The number of benzene rings is 1. The lowest BCUT2D eigenvalue weighted by molar-refractivity contribution is 0.0947. The minimum atomic E-state index is 0.00724. The highest BCUT2D eigenvalue weighted by molar-refractivity contribution is 7.18. The summed E-state index contributed by atoms with van der Waals surface area (Å²) in [5.74, 6) is 0.122. The number of anilines is 1. The van der Waals surface area contributed by atoms with Gasteiger partial charge < -0.3 is 15.0 Å². The Morgan fingerprint density at radius 3 is 2.68 bits per heavy atom. The van der Waals surface area contributed by atoms with Crippen molar-refractivity contribution in [2.75, 3.05) is 37.7 Å². The Kier molecular flexibility index (Phi) is 4.54. The van der Waals surface area contributed by atoms with Crippen LogP contribution in [0.4, 0.5) is 5.00 Å². The van der Waals surface area contributed by atoms with Crippen molar-refractivity contribution in [1.29, 1.82) is 0 Å². The van der Waals surface area contributed by atoms with Gasteiger partial charge in [0.1, 0.15) is 0 Å². The first kappa shape index (κ1) is 16.6. The molecule has 4 rings (SSSR count). The van der Waals surface area contributed by atoms with Gasteiger partial charge in [-0.15, -0.1) is 11.3 Å². The molecule has 1 N–H and O–H groups in total. The molecule has 25 heavy (non-hydrogen) atoms. The number of carbonyl (C=O) groups excluding carboxylic acids is 1. The number of rotatable bonds is 3. The quantitative estimate of drug-likeness (QED) is 0.889. The van der Waals surface area contributed by atoms with E-state index in [0.29, 0.717) is 24.8 Å². The van der Waals surface area contributed by atoms with Crippen molar-refractivity contribution >= 4 is 39.9 Å². The lowest BCUT2D eigenvalue weighted by atomic mass is 9.86. The molecule has 1 unspecified atom stereocenters. The molecule has 2 aromatic rings. The van der Waals surface area contributed by atoms with Gasteiger partial charge in [0.2, 0.25) is 0 Å². The van der Waals surface area contributed by atoms with E-state index in [-0.39, 0.29) is 11.8 Å². The molecular weight excluding hydrogens is 356 g/mol. The number of hydrogen-bond acceptors (Lipinski definition) is 4. The van der Waals surface area contributed by atoms with Gasteiger partial charge in [0.05, 0.1) is 23.1 Å². The molecule has 0 spiro atoms. The number of nitrogens with zero attached hydrogens (tertiary/aromatic N) is 1. The minimum absolute atomic E-state index is 0.00724. The second-order valence-electron chi connectivity index (χ2n) is 6.18. The second kappa shape index (κ2) is 6.83. The molecular formula is C19H19ClN2O2S. The van der Waals surface area contributed by atoms with Crippen LogP contribution in [0.5, 0.6) is 0 Å². The van der Waals surface area contributed by atoms with Crippen molar-refractivity contribution in [1.82, 2.24) is 5.32 Å². The van der Waals surface area contributed by atoms with Crippen LogP contribution in [0.3, 0.4) is 0 Å². The first-order valence-electron chi connectivity index (χ1n) is 8.34. The summed E-state index contributed by atoms with van der Waals surface area (Å²) in [6.07, 6.45) is 1.89. The molecule has 6 heteroatoms. The van der Waals surface area contributed by atoms with Crippen LogP contribution < -0.4 is 10.2 Å². The number of fused-ring (bicyclic) bond motifs is 1. The van der Waals surface area contributed by atoms with Gasteiger partial charge in [-0.05, 0) is 23.3 Å². The summed E-state index contributed by atoms with van der Waals surface area (Å²) in [4.78, 5) is 15.6. The zero-order valence-electron chi connectivity index (χ0n) is 13.8. The summed E-state index contributed by atoms with van der Waals surface area (Å²) in [6.45, 7) is 7.73. The zero-order valence-corrected chi connectivity index (χ0v) is 15.3. The van der Waals surface area contributed by atoms with E-state index in [4.69, 9.17) is 16.3 Å². The predicted molar refractivity (Wildman–Crippen MR) is 103 cm³/mol. The summed E-state index contributed by atoms with van der Waals surface area (Å²) in [7, 11) is 0. The van der Waals surface area contributed by atoms with Crippen LogP contribution in [-0.4, -0.2) is 38.8 Å². The molecule has 1 aromatic carbocycles. The van der Waals surface area contributed by atoms with Crippen molar-refractivity contribution in [3.05, 3.63) is 57.4 Å². The van der Waals surface area contributed by atoms with Crippen LogP contribution in [0.2, 0.25) is 5.02 Å². The Balaban J connectivity index is 1.82. The van der Waals surface area contributed by atoms with Crippen LogP contribution in [0.25, 0.3) is 6.08 Å². The molecule has 3 heterocycles. The van der Waals surface area contributed by atoms with Crippen LogP contribution >= 0.6 is 22.9 Å². The monoisotopic (exact) mass is 374 g/mol. The topological polar surface area (TPSA) is 41.6 Å². The summed E-state index contributed by atoms with van der Waals surface area (Å²) in [6, 6.07) is 7.87. The Morgan fingerprint density at radius 2 is 2.00 bits per heavy atom. The summed E-state index contributed by atoms with van der Waals surface area (Å²) >= 11 is 7.60. The largest absolute Gasteiger partial charge is 0.378 e. The van der Waals surface area contributed by atoms with Gasteiger partial charge in [0.15, 0.2) is 0 Å². The summed E-state index contributed by atoms with van der Waals surface area (Å²) < 4.78 is 5.46. The van der Waals surface area contributed by atoms with Gasteiger partial charge in [-0.1, -0.05) is 36.4 Å². The number of halogens is 1. The molecule has 0 radical (unpaired) electrons. The van der Waals surface area contributed by atoms with Crippen LogP contribution in [0.15, 0.2) is 30.8 Å². The minimum Gasteiger partial charge on any atom is -0.378 e. The van der Waals surface area contributed by atoms with E-state index < -0.39 is 0 Å². The first-order valence-corrected chi connectivity index (χ1v) is 9.54. The molecule has 130 valence electrons. The number of morpholine rings is 1. The maximum Gasteiger partial charge on any atom is 0.261 e. The fourth-order valence-corrected chi connectivity index (χ4v) is 4.98. The molecule has 0 aliphatic carbocycles. The van der Waals surface area contributed by atoms with E-state index >= 15 is 0 Å². The first-order chi connectivity index (χ1) is 12.2. The third kappa shape index (κ3) is 2.97. The number of ether oxygens (including phenoxy) is 1. The Bertz CT molecular complexity index is 810. The van der Waals surface area contributed by atoms with E-state index in [2.05, 4.69) is 16.8 Å². The van der Waals surface area contributed by atoms with Gasteiger partial charge in [-0.2, -0.15) is 0 Å². The van der Waals surface area contributed by atoms with Crippen molar-refractivity contribution in [3.63, 3.8) is 0 Å². The highest BCUT2D eigenvalue weighted by Gasteiger charge is 2.34. The Hall–Kier alpha value is -1.82. The van der Waals surface area contributed by atoms with Crippen molar-refractivity contribution in [2.45, 2.75) is 5.92 Å². The highest BCUT2D eigenvalue weighted by atomic mass is 35.5. The third-order valence-corrected chi connectivity index (χ3v) is 6.29. The molecule has 1 aromatic heterocycles. The maximum absolute atomic E-state index is 12.5. The predicted octanol–water partition coefficient (Wildman–Crippen LogP) is 3.76. The SMILES string of the molecule is C=Cc1c(N2CCOCC2)sc2c1C(c1ccc(Cl)cc1)CNC2=O. The van der Waals surface area contributed by atoms with Crippen molar-refractivity contribution in [2.24, 2.45) is 0 Å². The number of hydrogen-bond donors (Lipinski definition) is 1. The van der Waals surface area contributed by atoms with Gasteiger partial charge in [0.25, 0.3) is 5.91 Å². The van der Waals surface area contributed by atoms with Gasteiger partial charge >= 0.3 is 0 Å². The second-order valence-corrected chi connectivity index (χ2v) is 7.62. The van der Waals surface area contributed by atoms with E-state index in [9.17, 15) is 4.79 Å². The van der Waals surface area contributed by atoms with Gasteiger partial charge in [-0.3, -0.25) is 4.79 Å². The molecule has 4 nitrogen and oxygen atoms in total. The normalized spacial score (nSPS) is 20.1. The summed E-state index contributed by atoms with van der Waals surface area (Å²) in [5.41, 5.74) is 3.32. The molecule has 0 saturated carbocycles. The van der Waals surface area contributed by atoms with E-state index in [1.165, 1.54) is 0 Å². The van der Waals surface area contributed by atoms with E-state index in [1.54, 1.807) is 11.3 Å². The van der Waals surface area contributed by atoms with Crippen LogP contribution in [0, 0.1) is 0 Å². The van der Waals surface area contributed by atoms with Crippen molar-refractivity contribution < 1.29 is 9.53 Å². The fourth-order valence-electron chi connectivity index (χ4n) is 3.51. The zero-order chi connectivity index (χ0) is 17.4. The van der Waals surface area contributed by atoms with Crippen molar-refractivity contribution in [3.8, 4) is 0 Å². The molecule has 1 fully saturated rings. The molecule has 1 saturated heterocycles. The molecule has 1 amide bonds. The number of carbonyl (C=O) groups is 1. The number of nitrogens with one attached hydrogen (secondary N) is 1. The van der Waals surface area contributed by atoms with E-state index in [1.807, 2.05) is 30.3 Å². The van der Waals surface area contributed by atoms with Crippen LogP contribution in [-0.2, 0) is 4.74 Å². The van der Waals surface area contributed by atoms with Crippen LogP contribution in [0.1, 0.15) is 32.3 Å². The highest BCUT2D eigenvalue weighted by Crippen LogP contribution is 2.44. The lowest BCUT2D eigenvalue weighted by Crippen LogP contribution is -2.36. The van der Waals surface area contributed by atoms with Gasteiger partial charge in [-0.25, -0.2) is 0 Å².